The van der Waals surface area contributed by atoms with Crippen LogP contribution in [0.5, 0.6) is 11.5 Å². The number of carbonyl (C=O) groups is 1. The summed E-state index contributed by atoms with van der Waals surface area (Å²) in [5, 5.41) is 13.1. The van der Waals surface area contributed by atoms with Crippen molar-refractivity contribution in [3.63, 3.8) is 0 Å². The van der Waals surface area contributed by atoms with E-state index >= 15 is 0 Å². The molecular formula is C18H18BrNO3. The second-order valence-electron chi connectivity index (χ2n) is 4.96. The van der Waals surface area contributed by atoms with E-state index in [-0.39, 0.29) is 23.1 Å². The van der Waals surface area contributed by atoms with Crippen molar-refractivity contribution in [2.75, 3.05) is 14.2 Å². The van der Waals surface area contributed by atoms with Crippen molar-refractivity contribution in [3.05, 3.63) is 70.2 Å². The Morgan fingerprint density at radius 2 is 2.13 bits per heavy atom. The number of hydrogen-bond acceptors (Lipinski definition) is 3. The molecule has 2 N–H and O–H groups in total. The molecule has 0 bridgehead atoms. The molecule has 120 valence electrons. The summed E-state index contributed by atoms with van der Waals surface area (Å²) >= 11 is 3.39. The molecule has 1 atom stereocenters. The summed E-state index contributed by atoms with van der Waals surface area (Å²) < 4.78 is 5.96. The van der Waals surface area contributed by atoms with Gasteiger partial charge in [0.2, 0.25) is 0 Å². The van der Waals surface area contributed by atoms with Gasteiger partial charge in [0.05, 0.1) is 12.7 Å². The molecule has 4 nitrogen and oxygen atoms in total. The Hall–Kier alpha value is -2.27. The van der Waals surface area contributed by atoms with Gasteiger partial charge in [0.1, 0.15) is 11.5 Å². The largest absolute Gasteiger partial charge is 0.507 e. The van der Waals surface area contributed by atoms with E-state index in [2.05, 4.69) is 27.8 Å². The van der Waals surface area contributed by atoms with Crippen molar-refractivity contribution < 1.29 is 14.6 Å². The molecule has 0 aliphatic rings. The first kappa shape index (κ1) is 17.1. The number of phenols is 1. The third kappa shape index (κ3) is 3.56. The van der Waals surface area contributed by atoms with E-state index in [4.69, 9.17) is 4.74 Å². The molecule has 0 aliphatic carbocycles. The molecule has 0 spiro atoms. The van der Waals surface area contributed by atoms with E-state index in [1.54, 1.807) is 25.3 Å². The maximum Gasteiger partial charge on any atom is 0.254 e. The SMILES string of the molecule is C=CC(c1cccc(OC)c1)c1cc(Br)cc(C(=O)NC)c1O. The molecule has 1 amide bonds. The first-order chi connectivity index (χ1) is 11.0. The highest BCUT2D eigenvalue weighted by Gasteiger charge is 2.21. The number of methoxy groups -OCH3 is 1. The van der Waals surface area contributed by atoms with Crippen molar-refractivity contribution in [3.8, 4) is 11.5 Å². The van der Waals surface area contributed by atoms with Gasteiger partial charge in [0.25, 0.3) is 5.91 Å². The monoisotopic (exact) mass is 375 g/mol. The fourth-order valence-electron chi connectivity index (χ4n) is 2.44. The van der Waals surface area contributed by atoms with Crippen LogP contribution >= 0.6 is 15.9 Å². The van der Waals surface area contributed by atoms with E-state index in [0.29, 0.717) is 10.0 Å². The first-order valence-electron chi connectivity index (χ1n) is 7.02. The maximum absolute atomic E-state index is 11.9. The van der Waals surface area contributed by atoms with E-state index in [1.165, 1.54) is 7.05 Å². The number of aromatic hydroxyl groups is 1. The number of phenolic OH excluding ortho intramolecular Hbond substituents is 1. The molecule has 5 heteroatoms. The fourth-order valence-corrected chi connectivity index (χ4v) is 2.92. The lowest BCUT2D eigenvalue weighted by Crippen LogP contribution is -2.18. The molecule has 0 radical (unpaired) electrons. The molecule has 0 heterocycles. The third-order valence-corrected chi connectivity index (χ3v) is 4.06. The Morgan fingerprint density at radius 1 is 1.39 bits per heavy atom. The highest BCUT2D eigenvalue weighted by molar-refractivity contribution is 9.10. The summed E-state index contributed by atoms with van der Waals surface area (Å²) in [4.78, 5) is 11.9. The van der Waals surface area contributed by atoms with Crippen LogP contribution in [0.1, 0.15) is 27.4 Å². The molecule has 0 aliphatic heterocycles. The molecule has 2 aromatic rings. The highest BCUT2D eigenvalue weighted by atomic mass is 79.9. The van der Waals surface area contributed by atoms with Crippen LogP contribution in [0.25, 0.3) is 0 Å². The van der Waals surface area contributed by atoms with Gasteiger partial charge >= 0.3 is 0 Å². The molecular weight excluding hydrogens is 358 g/mol. The van der Waals surface area contributed by atoms with Gasteiger partial charge in [-0.25, -0.2) is 0 Å². The van der Waals surface area contributed by atoms with E-state index in [1.807, 2.05) is 24.3 Å². The minimum atomic E-state index is -0.349. The zero-order valence-corrected chi connectivity index (χ0v) is 14.6. The van der Waals surface area contributed by atoms with Crippen LogP contribution in [-0.4, -0.2) is 25.2 Å². The van der Waals surface area contributed by atoms with E-state index in [9.17, 15) is 9.90 Å². The molecule has 0 aromatic heterocycles. The number of nitrogens with one attached hydrogen (secondary N) is 1. The van der Waals surface area contributed by atoms with Crippen molar-refractivity contribution in [1.29, 1.82) is 0 Å². The van der Waals surface area contributed by atoms with Crippen molar-refractivity contribution in [2.24, 2.45) is 0 Å². The Labute approximate surface area is 143 Å². The lowest BCUT2D eigenvalue weighted by Gasteiger charge is -2.18. The standard InChI is InChI=1S/C18H18BrNO3/c1-4-14(11-6-5-7-13(8-11)23-3)15-9-12(19)10-16(17(15)21)18(22)20-2/h4-10,14,21H,1H2,2-3H3,(H,20,22). The molecule has 1 unspecified atom stereocenters. The zero-order chi connectivity index (χ0) is 17.0. The van der Waals surface area contributed by atoms with E-state index in [0.717, 1.165) is 11.3 Å². The highest BCUT2D eigenvalue weighted by Crippen LogP contribution is 2.37. The third-order valence-electron chi connectivity index (χ3n) is 3.60. The van der Waals surface area contributed by atoms with Gasteiger partial charge in [-0.1, -0.05) is 34.1 Å². The summed E-state index contributed by atoms with van der Waals surface area (Å²) in [6, 6.07) is 10.9. The predicted molar refractivity (Wildman–Crippen MR) is 94.2 cm³/mol. The van der Waals surface area contributed by atoms with Gasteiger partial charge in [0, 0.05) is 23.0 Å². The summed E-state index contributed by atoms with van der Waals surface area (Å²) in [7, 11) is 3.12. The molecule has 0 fully saturated rings. The van der Waals surface area contributed by atoms with Crippen molar-refractivity contribution in [1.82, 2.24) is 5.32 Å². The van der Waals surface area contributed by atoms with Gasteiger partial charge in [-0.15, -0.1) is 6.58 Å². The van der Waals surface area contributed by atoms with E-state index < -0.39 is 0 Å². The Balaban J connectivity index is 2.59. The Morgan fingerprint density at radius 3 is 2.74 bits per heavy atom. The fraction of sp³-hybridized carbons (Fsp3) is 0.167. The number of rotatable bonds is 5. The quantitative estimate of drug-likeness (QED) is 0.780. The average molecular weight is 376 g/mol. The molecule has 2 aromatic carbocycles. The number of benzene rings is 2. The van der Waals surface area contributed by atoms with Gasteiger partial charge in [0.15, 0.2) is 0 Å². The second kappa shape index (κ2) is 7.33. The summed E-state index contributed by atoms with van der Waals surface area (Å²) in [6.07, 6.45) is 1.73. The lowest BCUT2D eigenvalue weighted by molar-refractivity contribution is 0.0960. The topological polar surface area (TPSA) is 58.6 Å². The molecule has 0 saturated heterocycles. The van der Waals surface area contributed by atoms with Crippen LogP contribution in [-0.2, 0) is 0 Å². The molecule has 2 rings (SSSR count). The number of hydrogen-bond donors (Lipinski definition) is 2. The van der Waals surface area contributed by atoms with Gasteiger partial charge in [-0.2, -0.15) is 0 Å². The molecule has 23 heavy (non-hydrogen) atoms. The van der Waals surface area contributed by atoms with Gasteiger partial charge in [-0.3, -0.25) is 4.79 Å². The number of halogens is 1. The number of carbonyl (C=O) groups excluding carboxylic acids is 1. The van der Waals surface area contributed by atoms with Crippen LogP contribution in [0.15, 0.2) is 53.5 Å². The van der Waals surface area contributed by atoms with Crippen LogP contribution in [0.4, 0.5) is 0 Å². The molecule has 0 saturated carbocycles. The van der Waals surface area contributed by atoms with Crippen LogP contribution in [0.2, 0.25) is 0 Å². The predicted octanol–water partition coefficient (Wildman–Crippen LogP) is 3.84. The average Bonchev–Trinajstić information content (AvgIpc) is 2.57. The Bertz CT molecular complexity index is 743. The first-order valence-corrected chi connectivity index (χ1v) is 7.82. The number of ether oxygens (including phenoxy) is 1. The zero-order valence-electron chi connectivity index (χ0n) is 13.0. The van der Waals surface area contributed by atoms with Gasteiger partial charge < -0.3 is 15.2 Å². The summed E-state index contributed by atoms with van der Waals surface area (Å²) in [5.41, 5.74) is 1.73. The lowest BCUT2D eigenvalue weighted by atomic mass is 9.89. The van der Waals surface area contributed by atoms with Crippen molar-refractivity contribution >= 4 is 21.8 Å². The van der Waals surface area contributed by atoms with Crippen molar-refractivity contribution in [2.45, 2.75) is 5.92 Å². The normalized spacial score (nSPS) is 11.6. The summed E-state index contributed by atoms with van der Waals surface area (Å²) in [6.45, 7) is 3.87. The van der Waals surface area contributed by atoms with Gasteiger partial charge in [-0.05, 0) is 29.8 Å². The summed E-state index contributed by atoms with van der Waals surface area (Å²) in [5.74, 6) is 0.0418. The number of allylic oxidation sites excluding steroid dienone is 1. The van der Waals surface area contributed by atoms with Crippen LogP contribution < -0.4 is 10.1 Å². The minimum Gasteiger partial charge on any atom is -0.507 e. The Kier molecular flexibility index (Phi) is 5.45. The van der Waals surface area contributed by atoms with Crippen LogP contribution in [0, 0.1) is 0 Å². The maximum atomic E-state index is 11.9. The smallest absolute Gasteiger partial charge is 0.254 e. The second-order valence-corrected chi connectivity index (χ2v) is 5.88. The van der Waals surface area contributed by atoms with Crippen LogP contribution in [0.3, 0.4) is 0 Å². The minimum absolute atomic E-state index is 0.0553. The number of amides is 1.